The first-order chi connectivity index (χ1) is 8.22. The molecule has 1 saturated heterocycles. The number of rotatable bonds is 2. The van der Waals surface area contributed by atoms with Gasteiger partial charge in [-0.2, -0.15) is 0 Å². The fraction of sp³-hybridized carbons (Fsp3) is 0.786. The van der Waals surface area contributed by atoms with Gasteiger partial charge < -0.3 is 9.47 Å². The van der Waals surface area contributed by atoms with Gasteiger partial charge in [-0.25, -0.2) is 4.98 Å². The van der Waals surface area contributed by atoms with Crippen LogP contribution in [-0.2, 0) is 19.4 Å². The molecule has 17 heavy (non-hydrogen) atoms. The molecule has 0 saturated carbocycles. The summed E-state index contributed by atoms with van der Waals surface area (Å²) in [7, 11) is 2.25. The van der Waals surface area contributed by atoms with Crippen molar-refractivity contribution >= 4 is 0 Å². The Morgan fingerprint density at radius 3 is 3.06 bits per heavy atom. The topological polar surface area (TPSA) is 21.1 Å². The van der Waals surface area contributed by atoms with E-state index in [9.17, 15) is 0 Å². The van der Waals surface area contributed by atoms with Gasteiger partial charge in [0.25, 0.3) is 0 Å². The molecule has 0 aliphatic carbocycles. The van der Waals surface area contributed by atoms with Crippen LogP contribution in [-0.4, -0.2) is 34.1 Å². The second-order valence-electron chi connectivity index (χ2n) is 5.93. The van der Waals surface area contributed by atoms with E-state index in [0.29, 0.717) is 0 Å². The summed E-state index contributed by atoms with van der Waals surface area (Å²) < 4.78 is 2.39. The van der Waals surface area contributed by atoms with E-state index in [0.717, 1.165) is 18.4 Å². The molecule has 0 bridgehead atoms. The zero-order chi connectivity index (χ0) is 11.8. The largest absolute Gasteiger partial charge is 0.334 e. The first kappa shape index (κ1) is 11.3. The number of aryl methyl sites for hydroxylation is 1. The number of imidazole rings is 1. The predicted molar refractivity (Wildman–Crippen MR) is 69.1 cm³/mol. The number of likely N-dealkylation sites (N-methyl/N-ethyl adjacent to an activating group) is 1. The van der Waals surface area contributed by atoms with Crippen LogP contribution >= 0.6 is 0 Å². The predicted octanol–water partition coefficient (Wildman–Crippen LogP) is 2.10. The quantitative estimate of drug-likeness (QED) is 0.780. The van der Waals surface area contributed by atoms with Crippen molar-refractivity contribution < 1.29 is 0 Å². The molecular formula is C14H23N3. The first-order valence-corrected chi connectivity index (χ1v) is 6.97. The summed E-state index contributed by atoms with van der Waals surface area (Å²) in [4.78, 5) is 7.31. The summed E-state index contributed by atoms with van der Waals surface area (Å²) >= 11 is 0. The van der Waals surface area contributed by atoms with Crippen molar-refractivity contribution in [1.82, 2.24) is 14.5 Å². The Hall–Kier alpha value is -0.830. The third kappa shape index (κ3) is 2.25. The molecule has 1 aromatic rings. The van der Waals surface area contributed by atoms with Gasteiger partial charge in [0.05, 0.1) is 5.69 Å². The van der Waals surface area contributed by atoms with E-state index >= 15 is 0 Å². The molecular weight excluding hydrogens is 210 g/mol. The molecule has 3 heteroatoms. The van der Waals surface area contributed by atoms with E-state index < -0.39 is 0 Å². The normalized spacial score (nSPS) is 29.5. The number of likely N-dealkylation sites (tertiary alicyclic amines) is 1. The maximum atomic E-state index is 4.82. The molecule has 1 fully saturated rings. The molecule has 0 spiro atoms. The number of aromatic nitrogens is 2. The molecule has 94 valence electrons. The monoisotopic (exact) mass is 233 g/mol. The SMILES string of the molecule is CC1CCc2nc(CC3CCCN3C)cn2C1. The van der Waals surface area contributed by atoms with Gasteiger partial charge in [-0.1, -0.05) is 6.92 Å². The second kappa shape index (κ2) is 4.45. The van der Waals surface area contributed by atoms with Crippen LogP contribution in [0.1, 0.15) is 37.7 Å². The molecule has 2 aliphatic rings. The van der Waals surface area contributed by atoms with Crippen molar-refractivity contribution in [2.75, 3.05) is 13.6 Å². The van der Waals surface area contributed by atoms with Crippen LogP contribution in [0.25, 0.3) is 0 Å². The molecule has 3 nitrogen and oxygen atoms in total. The lowest BCUT2D eigenvalue weighted by Gasteiger charge is -2.19. The highest BCUT2D eigenvalue weighted by molar-refractivity contribution is 5.08. The maximum Gasteiger partial charge on any atom is 0.108 e. The lowest BCUT2D eigenvalue weighted by atomic mass is 10.0. The highest BCUT2D eigenvalue weighted by Gasteiger charge is 2.23. The zero-order valence-corrected chi connectivity index (χ0v) is 11.0. The van der Waals surface area contributed by atoms with Gasteiger partial charge in [0.2, 0.25) is 0 Å². The van der Waals surface area contributed by atoms with Crippen LogP contribution in [0.15, 0.2) is 6.20 Å². The summed E-state index contributed by atoms with van der Waals surface area (Å²) in [5, 5.41) is 0. The molecule has 0 radical (unpaired) electrons. The maximum absolute atomic E-state index is 4.82. The number of nitrogens with zero attached hydrogens (tertiary/aromatic N) is 3. The minimum absolute atomic E-state index is 0.726. The standard InChI is InChI=1S/C14H23N3/c1-11-5-6-14-15-12(10-17(14)9-11)8-13-4-3-7-16(13)2/h10-11,13H,3-9H2,1-2H3. The first-order valence-electron chi connectivity index (χ1n) is 6.97. The van der Waals surface area contributed by atoms with Gasteiger partial charge in [0.1, 0.15) is 5.82 Å². The summed E-state index contributed by atoms with van der Waals surface area (Å²) in [5.41, 5.74) is 1.31. The average molecular weight is 233 g/mol. The van der Waals surface area contributed by atoms with Gasteiger partial charge in [-0.3, -0.25) is 0 Å². The van der Waals surface area contributed by atoms with E-state index in [-0.39, 0.29) is 0 Å². The molecule has 2 unspecified atom stereocenters. The van der Waals surface area contributed by atoms with E-state index in [1.54, 1.807) is 0 Å². The molecule has 0 amide bonds. The highest BCUT2D eigenvalue weighted by Crippen LogP contribution is 2.22. The van der Waals surface area contributed by atoms with Crippen LogP contribution in [0.3, 0.4) is 0 Å². The van der Waals surface area contributed by atoms with Crippen molar-refractivity contribution in [3.8, 4) is 0 Å². The second-order valence-corrected chi connectivity index (χ2v) is 5.93. The Labute approximate surface area is 104 Å². The van der Waals surface area contributed by atoms with Crippen LogP contribution in [0.2, 0.25) is 0 Å². The number of hydrogen-bond donors (Lipinski definition) is 0. The van der Waals surface area contributed by atoms with Gasteiger partial charge in [-0.05, 0) is 38.8 Å². The van der Waals surface area contributed by atoms with Gasteiger partial charge in [0.15, 0.2) is 0 Å². The van der Waals surface area contributed by atoms with E-state index in [1.165, 1.54) is 50.3 Å². The molecule has 2 atom stereocenters. The van der Waals surface area contributed by atoms with Crippen molar-refractivity contribution in [1.29, 1.82) is 0 Å². The highest BCUT2D eigenvalue weighted by atomic mass is 15.2. The zero-order valence-electron chi connectivity index (χ0n) is 11.0. The fourth-order valence-electron chi connectivity index (χ4n) is 3.25. The van der Waals surface area contributed by atoms with Crippen LogP contribution in [0, 0.1) is 5.92 Å². The number of hydrogen-bond acceptors (Lipinski definition) is 2. The Morgan fingerprint density at radius 2 is 2.29 bits per heavy atom. The Balaban J connectivity index is 1.72. The van der Waals surface area contributed by atoms with Crippen molar-refractivity contribution in [2.24, 2.45) is 5.92 Å². The molecule has 2 aliphatic heterocycles. The Bertz CT molecular complexity index is 396. The van der Waals surface area contributed by atoms with Crippen molar-refractivity contribution in [2.45, 2.75) is 51.6 Å². The Morgan fingerprint density at radius 1 is 1.41 bits per heavy atom. The molecule has 1 aromatic heterocycles. The molecule has 0 N–H and O–H groups in total. The summed E-state index contributed by atoms with van der Waals surface area (Å²) in [6.45, 7) is 4.77. The molecule has 3 rings (SSSR count). The average Bonchev–Trinajstić information content (AvgIpc) is 2.85. The van der Waals surface area contributed by atoms with E-state index in [2.05, 4.69) is 29.6 Å². The summed E-state index contributed by atoms with van der Waals surface area (Å²) in [6, 6.07) is 0.726. The fourth-order valence-corrected chi connectivity index (χ4v) is 3.25. The smallest absolute Gasteiger partial charge is 0.108 e. The van der Waals surface area contributed by atoms with Crippen LogP contribution < -0.4 is 0 Å². The van der Waals surface area contributed by atoms with Gasteiger partial charge >= 0.3 is 0 Å². The van der Waals surface area contributed by atoms with Gasteiger partial charge in [0, 0.05) is 31.6 Å². The van der Waals surface area contributed by atoms with Crippen molar-refractivity contribution in [3.63, 3.8) is 0 Å². The van der Waals surface area contributed by atoms with E-state index in [4.69, 9.17) is 4.98 Å². The minimum Gasteiger partial charge on any atom is -0.334 e. The summed E-state index contributed by atoms with van der Waals surface area (Å²) in [6.07, 6.45) is 8.62. The van der Waals surface area contributed by atoms with Gasteiger partial charge in [-0.15, -0.1) is 0 Å². The number of fused-ring (bicyclic) bond motifs is 1. The summed E-state index contributed by atoms with van der Waals surface area (Å²) in [5.74, 6) is 2.14. The lowest BCUT2D eigenvalue weighted by Crippen LogP contribution is -2.26. The molecule has 0 aromatic carbocycles. The molecule has 3 heterocycles. The third-order valence-corrected chi connectivity index (χ3v) is 4.39. The van der Waals surface area contributed by atoms with Crippen LogP contribution in [0.4, 0.5) is 0 Å². The van der Waals surface area contributed by atoms with Crippen molar-refractivity contribution in [3.05, 3.63) is 17.7 Å². The van der Waals surface area contributed by atoms with Crippen LogP contribution in [0.5, 0.6) is 0 Å². The minimum atomic E-state index is 0.726. The Kier molecular flexibility index (Phi) is 2.95. The lowest BCUT2D eigenvalue weighted by molar-refractivity contribution is 0.308. The van der Waals surface area contributed by atoms with E-state index in [1.807, 2.05) is 0 Å². The third-order valence-electron chi connectivity index (χ3n) is 4.39.